The van der Waals surface area contributed by atoms with Crippen LogP contribution in [0.25, 0.3) is 10.8 Å². The maximum atomic E-state index is 13.7. The predicted molar refractivity (Wildman–Crippen MR) is 103 cm³/mol. The first-order valence-corrected chi connectivity index (χ1v) is 8.61. The molecular formula is C20H16Cl2FNO2. The summed E-state index contributed by atoms with van der Waals surface area (Å²) in [5.74, 6) is -0.259. The van der Waals surface area contributed by atoms with Gasteiger partial charge in [0.15, 0.2) is 0 Å². The Labute approximate surface area is 160 Å². The summed E-state index contributed by atoms with van der Waals surface area (Å²) in [6, 6.07) is 14.0. The van der Waals surface area contributed by atoms with Gasteiger partial charge in [0.25, 0.3) is 5.91 Å². The van der Waals surface area contributed by atoms with Crippen LogP contribution in [0.2, 0.25) is 10.0 Å². The molecule has 0 saturated carbocycles. The number of fused-ring (bicyclic) bond motifs is 1. The van der Waals surface area contributed by atoms with Crippen molar-refractivity contribution in [1.29, 1.82) is 0 Å². The van der Waals surface area contributed by atoms with E-state index >= 15 is 0 Å². The van der Waals surface area contributed by atoms with Gasteiger partial charge >= 0.3 is 0 Å². The Kier molecular flexibility index (Phi) is 5.35. The van der Waals surface area contributed by atoms with Crippen LogP contribution in [0.5, 0.6) is 5.75 Å². The first-order valence-electron chi connectivity index (χ1n) is 7.85. The average molecular weight is 392 g/mol. The molecule has 3 rings (SSSR count). The zero-order valence-corrected chi connectivity index (χ0v) is 15.7. The Morgan fingerprint density at radius 2 is 1.73 bits per heavy atom. The summed E-state index contributed by atoms with van der Waals surface area (Å²) in [5.41, 5.74) is 1.03. The van der Waals surface area contributed by atoms with E-state index < -0.39 is 5.82 Å². The number of rotatable bonds is 4. The number of hydrogen-bond acceptors (Lipinski definition) is 2. The van der Waals surface area contributed by atoms with Crippen molar-refractivity contribution in [2.45, 2.75) is 6.54 Å². The first-order chi connectivity index (χ1) is 12.4. The number of carbonyl (C=O) groups is 1. The van der Waals surface area contributed by atoms with Crippen LogP contribution in [0.1, 0.15) is 15.9 Å². The molecule has 0 unspecified atom stereocenters. The van der Waals surface area contributed by atoms with Crippen molar-refractivity contribution in [1.82, 2.24) is 4.90 Å². The quantitative estimate of drug-likeness (QED) is 0.544. The van der Waals surface area contributed by atoms with Crippen LogP contribution in [-0.4, -0.2) is 25.0 Å². The number of hydrogen-bond donors (Lipinski definition) is 0. The third-order valence-electron chi connectivity index (χ3n) is 4.12. The van der Waals surface area contributed by atoms with Gasteiger partial charge in [-0.05, 0) is 46.7 Å². The molecule has 0 bridgehead atoms. The Morgan fingerprint density at radius 3 is 2.46 bits per heavy atom. The molecule has 0 aliphatic heterocycles. The normalized spacial score (nSPS) is 10.8. The molecule has 26 heavy (non-hydrogen) atoms. The number of ether oxygens (including phenoxy) is 1. The molecule has 3 nitrogen and oxygen atoms in total. The Balaban J connectivity index is 1.83. The minimum Gasteiger partial charge on any atom is -0.497 e. The van der Waals surface area contributed by atoms with Crippen LogP contribution >= 0.6 is 23.2 Å². The van der Waals surface area contributed by atoms with E-state index in [9.17, 15) is 9.18 Å². The van der Waals surface area contributed by atoms with Gasteiger partial charge in [-0.3, -0.25) is 4.79 Å². The maximum Gasteiger partial charge on any atom is 0.255 e. The molecule has 134 valence electrons. The highest BCUT2D eigenvalue weighted by Gasteiger charge is 2.18. The van der Waals surface area contributed by atoms with Crippen molar-refractivity contribution in [3.05, 3.63) is 75.5 Å². The number of benzene rings is 3. The van der Waals surface area contributed by atoms with Crippen molar-refractivity contribution in [2.75, 3.05) is 14.2 Å². The predicted octanol–water partition coefficient (Wildman–Crippen LogP) is 5.57. The second-order valence-electron chi connectivity index (χ2n) is 5.95. The van der Waals surface area contributed by atoms with Gasteiger partial charge in [0, 0.05) is 13.6 Å². The van der Waals surface area contributed by atoms with Crippen LogP contribution in [0.4, 0.5) is 4.39 Å². The molecule has 0 saturated heterocycles. The van der Waals surface area contributed by atoms with Crippen LogP contribution in [0.15, 0.2) is 48.5 Å². The molecule has 0 fully saturated rings. The molecule has 0 heterocycles. The Hall–Kier alpha value is -2.30. The highest BCUT2D eigenvalue weighted by Crippen LogP contribution is 2.26. The van der Waals surface area contributed by atoms with Gasteiger partial charge in [-0.25, -0.2) is 4.39 Å². The molecule has 0 spiro atoms. The van der Waals surface area contributed by atoms with Crippen molar-refractivity contribution in [3.63, 3.8) is 0 Å². The molecule has 0 N–H and O–H groups in total. The SMILES string of the molecule is COc1ccc2cc(CN(C)C(=O)c3cc(F)c(Cl)cc3Cl)ccc2c1. The lowest BCUT2D eigenvalue weighted by molar-refractivity contribution is 0.0785. The lowest BCUT2D eigenvalue weighted by Crippen LogP contribution is -2.26. The minimum absolute atomic E-state index is 0.0848. The first kappa shape index (κ1) is 18.5. The van der Waals surface area contributed by atoms with Crippen LogP contribution in [-0.2, 0) is 6.54 Å². The van der Waals surface area contributed by atoms with E-state index in [1.165, 1.54) is 11.0 Å². The number of amides is 1. The van der Waals surface area contributed by atoms with Gasteiger partial charge in [0.1, 0.15) is 11.6 Å². The van der Waals surface area contributed by atoms with E-state index in [0.717, 1.165) is 28.2 Å². The number of methoxy groups -OCH3 is 1. The third kappa shape index (κ3) is 3.76. The summed E-state index contributed by atoms with van der Waals surface area (Å²) < 4.78 is 18.9. The summed E-state index contributed by atoms with van der Waals surface area (Å²) in [5, 5.41) is 2.10. The van der Waals surface area contributed by atoms with Crippen LogP contribution in [0.3, 0.4) is 0 Å². The van der Waals surface area contributed by atoms with E-state index in [0.29, 0.717) is 6.54 Å². The molecular weight excluding hydrogens is 376 g/mol. The maximum absolute atomic E-state index is 13.7. The zero-order chi connectivity index (χ0) is 18.8. The second kappa shape index (κ2) is 7.52. The molecule has 3 aromatic rings. The summed E-state index contributed by atoms with van der Waals surface area (Å²) in [6.45, 7) is 0.362. The van der Waals surface area contributed by atoms with Gasteiger partial charge in [-0.2, -0.15) is 0 Å². The topological polar surface area (TPSA) is 29.5 Å². The summed E-state index contributed by atoms with van der Waals surface area (Å²) in [7, 11) is 3.27. The van der Waals surface area contributed by atoms with Crippen molar-refractivity contribution >= 4 is 39.9 Å². The van der Waals surface area contributed by atoms with Crippen molar-refractivity contribution < 1.29 is 13.9 Å². The van der Waals surface area contributed by atoms with E-state index in [1.54, 1.807) is 14.2 Å². The second-order valence-corrected chi connectivity index (χ2v) is 6.77. The molecule has 0 atom stereocenters. The van der Waals surface area contributed by atoms with E-state index in [1.807, 2.05) is 36.4 Å². The number of carbonyl (C=O) groups excluding carboxylic acids is 1. The monoisotopic (exact) mass is 391 g/mol. The fourth-order valence-corrected chi connectivity index (χ4v) is 3.20. The average Bonchev–Trinajstić information content (AvgIpc) is 2.63. The standard InChI is InChI=1S/C20H16Cl2FNO2/c1-24(20(25)16-9-19(23)18(22)10-17(16)21)11-12-3-4-14-8-15(26-2)6-5-13(14)7-12/h3-10H,11H2,1-2H3. The fourth-order valence-electron chi connectivity index (χ4n) is 2.74. The lowest BCUT2D eigenvalue weighted by Gasteiger charge is -2.18. The largest absolute Gasteiger partial charge is 0.497 e. The van der Waals surface area contributed by atoms with Gasteiger partial charge in [0.05, 0.1) is 22.7 Å². The molecule has 1 amide bonds. The minimum atomic E-state index is -0.674. The zero-order valence-electron chi connectivity index (χ0n) is 14.2. The summed E-state index contributed by atoms with van der Waals surface area (Å²) >= 11 is 11.7. The van der Waals surface area contributed by atoms with Gasteiger partial charge in [0.2, 0.25) is 0 Å². The molecule has 0 aliphatic carbocycles. The van der Waals surface area contributed by atoms with Crippen LogP contribution < -0.4 is 4.74 Å². The van der Waals surface area contributed by atoms with Gasteiger partial charge in [-0.15, -0.1) is 0 Å². The Bertz CT molecular complexity index is 991. The van der Waals surface area contributed by atoms with Crippen molar-refractivity contribution in [3.8, 4) is 5.75 Å². The highest BCUT2D eigenvalue weighted by atomic mass is 35.5. The van der Waals surface area contributed by atoms with E-state index in [2.05, 4.69) is 0 Å². The fraction of sp³-hybridized carbons (Fsp3) is 0.150. The molecule has 0 radical (unpaired) electrons. The van der Waals surface area contributed by atoms with Gasteiger partial charge in [-0.1, -0.05) is 41.4 Å². The molecule has 3 aromatic carbocycles. The molecule has 0 aromatic heterocycles. The Morgan fingerprint density at radius 1 is 1.04 bits per heavy atom. The lowest BCUT2D eigenvalue weighted by atomic mass is 10.1. The third-order valence-corrected chi connectivity index (χ3v) is 4.72. The number of nitrogens with zero attached hydrogens (tertiary/aromatic N) is 1. The highest BCUT2D eigenvalue weighted by molar-refractivity contribution is 6.36. The van der Waals surface area contributed by atoms with Crippen molar-refractivity contribution in [2.24, 2.45) is 0 Å². The number of halogens is 3. The van der Waals surface area contributed by atoms with Crippen LogP contribution in [0, 0.1) is 5.82 Å². The smallest absolute Gasteiger partial charge is 0.255 e. The molecule has 6 heteroatoms. The molecule has 0 aliphatic rings. The van der Waals surface area contributed by atoms with E-state index in [-0.39, 0.29) is 21.5 Å². The summed E-state index contributed by atoms with van der Waals surface area (Å²) in [6.07, 6.45) is 0. The summed E-state index contributed by atoms with van der Waals surface area (Å²) in [4.78, 5) is 14.1. The van der Waals surface area contributed by atoms with E-state index in [4.69, 9.17) is 27.9 Å². The van der Waals surface area contributed by atoms with Gasteiger partial charge < -0.3 is 9.64 Å².